The van der Waals surface area contributed by atoms with Crippen LogP contribution in [0.5, 0.6) is 0 Å². The lowest BCUT2D eigenvalue weighted by atomic mass is 9.99. The van der Waals surface area contributed by atoms with E-state index in [0.29, 0.717) is 12.0 Å². The van der Waals surface area contributed by atoms with Crippen molar-refractivity contribution in [3.63, 3.8) is 0 Å². The van der Waals surface area contributed by atoms with Crippen molar-refractivity contribution in [1.82, 2.24) is 5.32 Å². The standard InChI is InChI=1S/C18H19NO/c20-11-16-9-15-8-14-7-6-13(10-17(14)18(15)19-16)12-4-2-1-3-5-12/h1-7,10,15-16,18-20H,8-9,11H2/t15-,16+,18+/m1/s1. The molecule has 1 saturated heterocycles. The molecular weight excluding hydrogens is 246 g/mol. The Morgan fingerprint density at radius 1 is 1.05 bits per heavy atom. The van der Waals surface area contributed by atoms with Gasteiger partial charge in [0.15, 0.2) is 0 Å². The SMILES string of the molecule is OC[C@@H]1C[C@H]2Cc3ccc(-c4ccccc4)cc3[C@H]2N1. The van der Waals surface area contributed by atoms with Crippen molar-refractivity contribution in [3.05, 3.63) is 59.7 Å². The van der Waals surface area contributed by atoms with Gasteiger partial charge < -0.3 is 10.4 Å². The van der Waals surface area contributed by atoms with E-state index in [0.717, 1.165) is 12.8 Å². The first kappa shape index (κ1) is 12.1. The topological polar surface area (TPSA) is 32.3 Å². The summed E-state index contributed by atoms with van der Waals surface area (Å²) in [5, 5.41) is 12.9. The summed E-state index contributed by atoms with van der Waals surface area (Å²) < 4.78 is 0. The predicted octanol–water partition coefficient (Wildman–Crippen LogP) is 2.92. The van der Waals surface area contributed by atoms with Gasteiger partial charge in [-0.1, -0.05) is 42.5 Å². The Labute approximate surface area is 119 Å². The van der Waals surface area contributed by atoms with Crippen molar-refractivity contribution < 1.29 is 5.11 Å². The van der Waals surface area contributed by atoms with Gasteiger partial charge in [-0.05, 0) is 47.1 Å². The van der Waals surface area contributed by atoms with E-state index in [9.17, 15) is 5.11 Å². The van der Waals surface area contributed by atoms with Gasteiger partial charge >= 0.3 is 0 Å². The van der Waals surface area contributed by atoms with Crippen LogP contribution in [0.25, 0.3) is 11.1 Å². The molecule has 2 heteroatoms. The number of aliphatic hydroxyl groups excluding tert-OH is 1. The van der Waals surface area contributed by atoms with Crippen LogP contribution in [-0.2, 0) is 6.42 Å². The van der Waals surface area contributed by atoms with Gasteiger partial charge in [0.25, 0.3) is 0 Å². The Kier molecular flexibility index (Phi) is 2.86. The maximum Gasteiger partial charge on any atom is 0.0584 e. The van der Waals surface area contributed by atoms with E-state index >= 15 is 0 Å². The summed E-state index contributed by atoms with van der Waals surface area (Å²) in [6.07, 6.45) is 2.25. The predicted molar refractivity (Wildman–Crippen MR) is 80.4 cm³/mol. The summed E-state index contributed by atoms with van der Waals surface area (Å²) in [4.78, 5) is 0. The molecule has 20 heavy (non-hydrogen) atoms. The Bertz CT molecular complexity index is 623. The number of hydrogen-bond acceptors (Lipinski definition) is 2. The fourth-order valence-electron chi connectivity index (χ4n) is 3.79. The molecule has 1 aliphatic heterocycles. The van der Waals surface area contributed by atoms with Crippen molar-refractivity contribution in [2.75, 3.05) is 6.61 Å². The monoisotopic (exact) mass is 265 g/mol. The van der Waals surface area contributed by atoms with Gasteiger partial charge in [-0.2, -0.15) is 0 Å². The summed E-state index contributed by atoms with van der Waals surface area (Å²) in [5.41, 5.74) is 5.48. The quantitative estimate of drug-likeness (QED) is 0.875. The minimum absolute atomic E-state index is 0.251. The van der Waals surface area contributed by atoms with Crippen LogP contribution in [0.4, 0.5) is 0 Å². The molecule has 2 aliphatic rings. The average molecular weight is 265 g/mol. The van der Waals surface area contributed by atoms with E-state index in [2.05, 4.69) is 53.8 Å². The molecule has 0 saturated carbocycles. The van der Waals surface area contributed by atoms with Gasteiger partial charge in [0.1, 0.15) is 0 Å². The molecule has 2 nitrogen and oxygen atoms in total. The molecule has 2 N–H and O–H groups in total. The van der Waals surface area contributed by atoms with Crippen molar-refractivity contribution in [2.45, 2.75) is 24.9 Å². The lowest BCUT2D eigenvalue weighted by molar-refractivity contribution is 0.250. The van der Waals surface area contributed by atoms with Crippen LogP contribution in [0.2, 0.25) is 0 Å². The van der Waals surface area contributed by atoms with E-state index in [1.165, 1.54) is 22.3 Å². The first-order chi connectivity index (χ1) is 9.85. The van der Waals surface area contributed by atoms with Crippen LogP contribution in [0.15, 0.2) is 48.5 Å². The van der Waals surface area contributed by atoms with E-state index in [-0.39, 0.29) is 12.6 Å². The molecule has 3 atom stereocenters. The normalized spacial score (nSPS) is 27.4. The number of aliphatic hydroxyl groups is 1. The molecule has 0 radical (unpaired) electrons. The highest BCUT2D eigenvalue weighted by Gasteiger charge is 2.39. The van der Waals surface area contributed by atoms with Crippen molar-refractivity contribution in [1.29, 1.82) is 0 Å². The molecular formula is C18H19NO. The second kappa shape index (κ2) is 4.72. The summed E-state index contributed by atoms with van der Waals surface area (Å²) in [6.45, 7) is 0.251. The third-order valence-corrected chi connectivity index (χ3v) is 4.76. The Morgan fingerprint density at radius 3 is 2.70 bits per heavy atom. The third-order valence-electron chi connectivity index (χ3n) is 4.76. The van der Waals surface area contributed by atoms with Crippen LogP contribution in [0.3, 0.4) is 0 Å². The van der Waals surface area contributed by atoms with Gasteiger partial charge in [0.05, 0.1) is 6.61 Å². The number of fused-ring (bicyclic) bond motifs is 3. The Hall–Kier alpha value is -1.64. The summed E-state index contributed by atoms with van der Waals surface area (Å²) >= 11 is 0. The maximum absolute atomic E-state index is 9.34. The third kappa shape index (κ3) is 1.88. The molecule has 0 spiro atoms. The first-order valence-corrected chi connectivity index (χ1v) is 7.40. The summed E-state index contributed by atoms with van der Waals surface area (Å²) in [5.74, 6) is 0.660. The molecule has 2 aromatic carbocycles. The molecule has 1 fully saturated rings. The van der Waals surface area contributed by atoms with Gasteiger partial charge in [0.2, 0.25) is 0 Å². The second-order valence-corrected chi connectivity index (χ2v) is 6.00. The highest BCUT2D eigenvalue weighted by atomic mass is 16.3. The van der Waals surface area contributed by atoms with Crippen molar-refractivity contribution in [3.8, 4) is 11.1 Å². The zero-order valence-electron chi connectivity index (χ0n) is 11.4. The average Bonchev–Trinajstić information content (AvgIpc) is 3.04. The van der Waals surface area contributed by atoms with E-state index in [1.807, 2.05) is 0 Å². The zero-order chi connectivity index (χ0) is 13.5. The molecule has 1 heterocycles. The van der Waals surface area contributed by atoms with Crippen LogP contribution in [0.1, 0.15) is 23.6 Å². The summed E-state index contributed by atoms with van der Waals surface area (Å²) in [6, 6.07) is 18.1. The number of benzene rings is 2. The van der Waals surface area contributed by atoms with Crippen molar-refractivity contribution in [2.24, 2.45) is 5.92 Å². The number of hydrogen-bond donors (Lipinski definition) is 2. The molecule has 0 aromatic heterocycles. The number of rotatable bonds is 2. The minimum atomic E-state index is 0.251. The fraction of sp³-hybridized carbons (Fsp3) is 0.333. The zero-order valence-corrected chi connectivity index (χ0v) is 11.4. The van der Waals surface area contributed by atoms with E-state index in [1.54, 1.807) is 0 Å². The minimum Gasteiger partial charge on any atom is -0.395 e. The molecule has 0 amide bonds. The summed E-state index contributed by atoms with van der Waals surface area (Å²) in [7, 11) is 0. The van der Waals surface area contributed by atoms with Gasteiger partial charge in [-0.25, -0.2) is 0 Å². The highest BCUT2D eigenvalue weighted by molar-refractivity contribution is 5.65. The highest BCUT2D eigenvalue weighted by Crippen LogP contribution is 2.44. The fourth-order valence-corrected chi connectivity index (χ4v) is 3.79. The van der Waals surface area contributed by atoms with Gasteiger partial charge in [-0.15, -0.1) is 0 Å². The van der Waals surface area contributed by atoms with Crippen LogP contribution >= 0.6 is 0 Å². The number of nitrogens with one attached hydrogen (secondary N) is 1. The van der Waals surface area contributed by atoms with E-state index in [4.69, 9.17) is 0 Å². The first-order valence-electron chi connectivity index (χ1n) is 7.40. The largest absolute Gasteiger partial charge is 0.395 e. The smallest absolute Gasteiger partial charge is 0.0584 e. The Balaban J connectivity index is 1.71. The van der Waals surface area contributed by atoms with Gasteiger partial charge in [0, 0.05) is 12.1 Å². The maximum atomic E-state index is 9.34. The molecule has 4 rings (SSSR count). The lowest BCUT2D eigenvalue weighted by Crippen LogP contribution is -2.27. The lowest BCUT2D eigenvalue weighted by Gasteiger charge is -2.14. The molecule has 2 aromatic rings. The Morgan fingerprint density at radius 2 is 1.90 bits per heavy atom. The molecule has 0 bridgehead atoms. The molecule has 0 unspecified atom stereocenters. The van der Waals surface area contributed by atoms with Crippen molar-refractivity contribution >= 4 is 0 Å². The van der Waals surface area contributed by atoms with Crippen LogP contribution < -0.4 is 5.32 Å². The van der Waals surface area contributed by atoms with Crippen LogP contribution in [-0.4, -0.2) is 17.8 Å². The van der Waals surface area contributed by atoms with E-state index < -0.39 is 0 Å². The molecule has 1 aliphatic carbocycles. The van der Waals surface area contributed by atoms with Gasteiger partial charge in [-0.3, -0.25) is 0 Å². The molecule has 102 valence electrons. The second-order valence-electron chi connectivity index (χ2n) is 6.00. The van der Waals surface area contributed by atoms with Crippen LogP contribution in [0, 0.1) is 5.92 Å².